The third-order valence-corrected chi connectivity index (χ3v) is 7.49. The maximum atomic E-state index is 12.7. The van der Waals surface area contributed by atoms with E-state index in [4.69, 9.17) is 0 Å². The Morgan fingerprint density at radius 1 is 1.32 bits per heavy atom. The molecule has 1 fully saturated rings. The molecule has 2 atom stereocenters. The van der Waals surface area contributed by atoms with Crippen LogP contribution in [-0.4, -0.2) is 26.3 Å². The maximum Gasteiger partial charge on any atom is 0.192 e. The molecular weight excluding hydrogens is 278 g/mol. The molecule has 1 N–H and O–H groups in total. The molecule has 0 bridgehead atoms. The standard InChI is InChI=1S/C14H23NO2S2/c1-2-10-15-12-7-4-3-5-8-13(12)19(16,17)14-9-6-11-18-14/h6,9,11-13,15H,2-5,7-8,10H2,1H3. The van der Waals surface area contributed by atoms with Gasteiger partial charge in [-0.05, 0) is 37.3 Å². The van der Waals surface area contributed by atoms with Crippen LogP contribution < -0.4 is 5.32 Å². The average Bonchev–Trinajstić information content (AvgIpc) is 2.83. The molecular formula is C14H23NO2S2. The van der Waals surface area contributed by atoms with E-state index in [2.05, 4.69) is 12.2 Å². The number of hydrogen-bond donors (Lipinski definition) is 1. The molecule has 0 aliphatic heterocycles. The van der Waals surface area contributed by atoms with Gasteiger partial charge in [0.1, 0.15) is 4.21 Å². The van der Waals surface area contributed by atoms with Gasteiger partial charge in [0, 0.05) is 6.04 Å². The highest BCUT2D eigenvalue weighted by atomic mass is 32.2. The van der Waals surface area contributed by atoms with Gasteiger partial charge in [0.2, 0.25) is 0 Å². The summed E-state index contributed by atoms with van der Waals surface area (Å²) < 4.78 is 26.0. The zero-order valence-corrected chi connectivity index (χ0v) is 13.1. The van der Waals surface area contributed by atoms with E-state index in [0.717, 1.165) is 45.1 Å². The van der Waals surface area contributed by atoms with E-state index in [9.17, 15) is 8.42 Å². The van der Waals surface area contributed by atoms with Gasteiger partial charge in [-0.15, -0.1) is 11.3 Å². The third-order valence-electron chi connectivity index (χ3n) is 3.78. The van der Waals surface area contributed by atoms with Crippen LogP contribution in [0.1, 0.15) is 45.4 Å². The van der Waals surface area contributed by atoms with Gasteiger partial charge in [0.15, 0.2) is 9.84 Å². The lowest BCUT2D eigenvalue weighted by molar-refractivity contribution is 0.451. The zero-order chi connectivity index (χ0) is 13.7. The van der Waals surface area contributed by atoms with Crippen LogP contribution in [0.2, 0.25) is 0 Å². The fourth-order valence-electron chi connectivity index (χ4n) is 2.78. The summed E-state index contributed by atoms with van der Waals surface area (Å²) in [4.78, 5) is 0. The Bertz CT molecular complexity index is 468. The van der Waals surface area contributed by atoms with Gasteiger partial charge in [-0.25, -0.2) is 8.42 Å². The molecule has 2 unspecified atom stereocenters. The second kappa shape index (κ2) is 6.86. The van der Waals surface area contributed by atoms with E-state index in [1.165, 1.54) is 11.3 Å². The van der Waals surface area contributed by atoms with Crippen molar-refractivity contribution in [1.82, 2.24) is 5.32 Å². The predicted molar refractivity (Wildman–Crippen MR) is 80.5 cm³/mol. The molecule has 2 rings (SSSR count). The monoisotopic (exact) mass is 301 g/mol. The summed E-state index contributed by atoms with van der Waals surface area (Å²) in [5, 5.41) is 5.05. The first-order valence-corrected chi connectivity index (χ1v) is 9.59. The van der Waals surface area contributed by atoms with Crippen LogP contribution in [0.4, 0.5) is 0 Å². The minimum atomic E-state index is -3.17. The summed E-state index contributed by atoms with van der Waals surface area (Å²) >= 11 is 1.34. The molecule has 19 heavy (non-hydrogen) atoms. The van der Waals surface area contributed by atoms with Gasteiger partial charge in [0.25, 0.3) is 0 Å². The fourth-order valence-corrected chi connectivity index (χ4v) is 6.01. The summed E-state index contributed by atoms with van der Waals surface area (Å²) in [6, 6.07) is 3.68. The van der Waals surface area contributed by atoms with Crippen LogP contribution in [0.5, 0.6) is 0 Å². The maximum absolute atomic E-state index is 12.7. The Balaban J connectivity index is 2.22. The molecule has 1 aliphatic carbocycles. The molecule has 0 amide bonds. The van der Waals surface area contributed by atoms with Gasteiger partial charge < -0.3 is 5.32 Å². The van der Waals surface area contributed by atoms with E-state index in [1.54, 1.807) is 6.07 Å². The van der Waals surface area contributed by atoms with Gasteiger partial charge in [-0.2, -0.15) is 0 Å². The first kappa shape index (κ1) is 15.0. The van der Waals surface area contributed by atoms with Crippen molar-refractivity contribution in [3.63, 3.8) is 0 Å². The predicted octanol–water partition coefficient (Wildman–Crippen LogP) is 3.22. The van der Waals surface area contributed by atoms with Crippen LogP contribution in [0.15, 0.2) is 21.7 Å². The summed E-state index contributed by atoms with van der Waals surface area (Å²) in [5.74, 6) is 0. The average molecular weight is 301 g/mol. The van der Waals surface area contributed by atoms with Crippen molar-refractivity contribution in [3.05, 3.63) is 17.5 Å². The van der Waals surface area contributed by atoms with Crippen LogP contribution in [-0.2, 0) is 9.84 Å². The number of hydrogen-bond acceptors (Lipinski definition) is 4. The molecule has 0 spiro atoms. The molecule has 5 heteroatoms. The number of nitrogens with one attached hydrogen (secondary N) is 1. The molecule has 0 saturated heterocycles. The second-order valence-corrected chi connectivity index (χ2v) is 8.56. The Morgan fingerprint density at radius 2 is 2.11 bits per heavy atom. The van der Waals surface area contributed by atoms with E-state index in [1.807, 2.05) is 11.4 Å². The first-order valence-electron chi connectivity index (χ1n) is 7.17. The minimum absolute atomic E-state index is 0.120. The Hall–Kier alpha value is -0.390. The normalized spacial score (nSPS) is 25.1. The van der Waals surface area contributed by atoms with E-state index in [-0.39, 0.29) is 11.3 Å². The van der Waals surface area contributed by atoms with E-state index in [0.29, 0.717) is 4.21 Å². The third kappa shape index (κ3) is 3.58. The first-order chi connectivity index (χ1) is 9.16. The highest BCUT2D eigenvalue weighted by Gasteiger charge is 2.35. The fraction of sp³-hybridized carbons (Fsp3) is 0.714. The molecule has 108 valence electrons. The number of rotatable bonds is 5. The quantitative estimate of drug-likeness (QED) is 0.849. The Labute approximate surface area is 120 Å². The second-order valence-electron chi connectivity index (χ2n) is 5.21. The lowest BCUT2D eigenvalue weighted by atomic mass is 10.1. The molecule has 1 aromatic heterocycles. The Kier molecular flexibility index (Phi) is 5.42. The van der Waals surface area contributed by atoms with Crippen molar-refractivity contribution in [2.24, 2.45) is 0 Å². The molecule has 1 aromatic rings. The van der Waals surface area contributed by atoms with Crippen molar-refractivity contribution in [1.29, 1.82) is 0 Å². The summed E-state index contributed by atoms with van der Waals surface area (Å²) in [7, 11) is -3.17. The summed E-state index contributed by atoms with van der Waals surface area (Å²) in [6.07, 6.45) is 6.14. The molecule has 0 aromatic carbocycles. The van der Waals surface area contributed by atoms with Gasteiger partial charge in [-0.1, -0.05) is 32.3 Å². The van der Waals surface area contributed by atoms with E-state index < -0.39 is 9.84 Å². The summed E-state index contributed by atoms with van der Waals surface area (Å²) in [5.41, 5.74) is 0. The van der Waals surface area contributed by atoms with Gasteiger partial charge in [-0.3, -0.25) is 0 Å². The molecule has 1 saturated carbocycles. The van der Waals surface area contributed by atoms with Crippen molar-refractivity contribution in [2.75, 3.05) is 6.54 Å². The zero-order valence-electron chi connectivity index (χ0n) is 11.5. The summed E-state index contributed by atoms with van der Waals surface area (Å²) in [6.45, 7) is 3.02. The lowest BCUT2D eigenvalue weighted by Crippen LogP contribution is -2.43. The van der Waals surface area contributed by atoms with Gasteiger partial charge in [0.05, 0.1) is 5.25 Å². The highest BCUT2D eigenvalue weighted by Crippen LogP contribution is 2.30. The minimum Gasteiger partial charge on any atom is -0.313 e. The van der Waals surface area contributed by atoms with Crippen molar-refractivity contribution in [2.45, 2.75) is 60.9 Å². The van der Waals surface area contributed by atoms with Crippen LogP contribution in [0, 0.1) is 0 Å². The smallest absolute Gasteiger partial charge is 0.192 e. The molecule has 3 nitrogen and oxygen atoms in total. The van der Waals surface area contributed by atoms with E-state index >= 15 is 0 Å². The molecule has 1 aliphatic rings. The topological polar surface area (TPSA) is 46.2 Å². The van der Waals surface area contributed by atoms with Gasteiger partial charge >= 0.3 is 0 Å². The number of thiophene rings is 1. The van der Waals surface area contributed by atoms with Crippen molar-refractivity contribution >= 4 is 21.2 Å². The molecule has 0 radical (unpaired) electrons. The lowest BCUT2D eigenvalue weighted by Gasteiger charge is -2.25. The Morgan fingerprint density at radius 3 is 2.79 bits per heavy atom. The molecule has 1 heterocycles. The van der Waals surface area contributed by atoms with Crippen LogP contribution >= 0.6 is 11.3 Å². The van der Waals surface area contributed by atoms with Crippen molar-refractivity contribution in [3.8, 4) is 0 Å². The highest BCUT2D eigenvalue weighted by molar-refractivity contribution is 7.94. The van der Waals surface area contributed by atoms with Crippen LogP contribution in [0.25, 0.3) is 0 Å². The van der Waals surface area contributed by atoms with Crippen LogP contribution in [0.3, 0.4) is 0 Å². The number of sulfone groups is 1. The SMILES string of the molecule is CCCNC1CCCCCC1S(=O)(=O)c1cccs1. The largest absolute Gasteiger partial charge is 0.313 e. The van der Waals surface area contributed by atoms with Crippen molar-refractivity contribution < 1.29 is 8.42 Å².